The Balaban J connectivity index is 1.94. The van der Waals surface area contributed by atoms with Gasteiger partial charge in [0.15, 0.2) is 5.13 Å². The molecule has 7 nitrogen and oxygen atoms in total. The van der Waals surface area contributed by atoms with Gasteiger partial charge in [0, 0.05) is 24.2 Å². The van der Waals surface area contributed by atoms with Gasteiger partial charge in [-0.25, -0.2) is 14.2 Å². The number of non-ortho nitro benzene ring substituents is 1. The number of anilines is 1. The number of unbranched alkanes of at least 4 members (excludes halogenated alkanes) is 1. The smallest absolute Gasteiger partial charge is 0.321 e. The lowest BCUT2D eigenvalue weighted by Gasteiger charge is -2.03. The number of urea groups is 1. The number of aromatic nitrogens is 1. The molecule has 0 fully saturated rings. The van der Waals surface area contributed by atoms with Crippen LogP contribution in [0.4, 0.5) is 20.0 Å². The van der Waals surface area contributed by atoms with E-state index in [4.69, 9.17) is 0 Å². The molecular formula is C20H19FN4O3S. The van der Waals surface area contributed by atoms with Crippen LogP contribution in [0.25, 0.3) is 21.7 Å². The van der Waals surface area contributed by atoms with Gasteiger partial charge in [-0.3, -0.25) is 15.4 Å². The zero-order valence-corrected chi connectivity index (χ0v) is 16.5. The van der Waals surface area contributed by atoms with Crippen molar-refractivity contribution in [2.45, 2.75) is 19.8 Å². The zero-order valence-electron chi connectivity index (χ0n) is 15.6. The molecule has 0 bridgehead atoms. The van der Waals surface area contributed by atoms with Crippen LogP contribution in [0.1, 0.15) is 19.8 Å². The fraction of sp³-hybridized carbons (Fsp3) is 0.200. The number of halogens is 1. The lowest BCUT2D eigenvalue weighted by molar-refractivity contribution is -0.384. The molecule has 0 spiro atoms. The zero-order chi connectivity index (χ0) is 20.8. The van der Waals surface area contributed by atoms with E-state index >= 15 is 0 Å². The molecule has 1 aromatic heterocycles. The minimum Gasteiger partial charge on any atom is -0.338 e. The maximum atomic E-state index is 13.3. The summed E-state index contributed by atoms with van der Waals surface area (Å²) in [6.07, 6.45) is 1.84. The highest BCUT2D eigenvalue weighted by Gasteiger charge is 2.17. The Morgan fingerprint density at radius 2 is 1.79 bits per heavy atom. The van der Waals surface area contributed by atoms with E-state index in [1.807, 2.05) is 6.92 Å². The summed E-state index contributed by atoms with van der Waals surface area (Å²) in [5.74, 6) is -0.366. The number of amides is 2. The van der Waals surface area contributed by atoms with Crippen LogP contribution in [0, 0.1) is 15.9 Å². The summed E-state index contributed by atoms with van der Waals surface area (Å²) in [7, 11) is 0. The summed E-state index contributed by atoms with van der Waals surface area (Å²) < 4.78 is 13.3. The lowest BCUT2D eigenvalue weighted by Crippen LogP contribution is -2.29. The van der Waals surface area contributed by atoms with Gasteiger partial charge < -0.3 is 5.32 Å². The molecule has 0 radical (unpaired) electrons. The quantitative estimate of drug-likeness (QED) is 0.305. The second-order valence-electron chi connectivity index (χ2n) is 6.24. The maximum absolute atomic E-state index is 13.3. The Bertz CT molecular complexity index is 1000. The largest absolute Gasteiger partial charge is 0.338 e. The Morgan fingerprint density at radius 3 is 2.41 bits per heavy atom. The third kappa shape index (κ3) is 5.14. The second-order valence-corrected chi connectivity index (χ2v) is 7.24. The number of thiazole rings is 1. The monoisotopic (exact) mass is 414 g/mol. The summed E-state index contributed by atoms with van der Waals surface area (Å²) in [4.78, 5) is 27.7. The summed E-state index contributed by atoms with van der Waals surface area (Å²) in [5, 5.41) is 16.8. The van der Waals surface area contributed by atoms with Crippen LogP contribution < -0.4 is 10.6 Å². The molecular weight excluding hydrogens is 395 g/mol. The molecule has 1 heterocycles. The molecule has 0 saturated heterocycles. The molecule has 0 unspecified atom stereocenters. The fourth-order valence-electron chi connectivity index (χ4n) is 2.63. The summed E-state index contributed by atoms with van der Waals surface area (Å²) in [6.45, 7) is 2.60. The van der Waals surface area contributed by atoms with Gasteiger partial charge >= 0.3 is 6.03 Å². The number of hydrogen-bond acceptors (Lipinski definition) is 5. The van der Waals surface area contributed by atoms with E-state index in [0.717, 1.165) is 17.7 Å². The molecule has 150 valence electrons. The number of nitrogens with zero attached hydrogens (tertiary/aromatic N) is 2. The third-order valence-corrected chi connectivity index (χ3v) is 5.14. The second kappa shape index (κ2) is 9.24. The molecule has 3 aromatic rings. The van der Waals surface area contributed by atoms with Gasteiger partial charge in [-0.1, -0.05) is 24.7 Å². The third-order valence-electron chi connectivity index (χ3n) is 4.12. The highest BCUT2D eigenvalue weighted by molar-refractivity contribution is 7.19. The van der Waals surface area contributed by atoms with E-state index in [-0.39, 0.29) is 17.5 Å². The number of carbonyl (C=O) groups excluding carboxylic acids is 1. The summed E-state index contributed by atoms with van der Waals surface area (Å²) in [5.41, 5.74) is 1.94. The summed E-state index contributed by atoms with van der Waals surface area (Å²) in [6, 6.07) is 11.6. The minimum absolute atomic E-state index is 0.0183. The lowest BCUT2D eigenvalue weighted by atomic mass is 10.1. The van der Waals surface area contributed by atoms with E-state index in [1.54, 1.807) is 24.3 Å². The van der Waals surface area contributed by atoms with Gasteiger partial charge in [-0.2, -0.15) is 0 Å². The highest BCUT2D eigenvalue weighted by Crippen LogP contribution is 2.39. The van der Waals surface area contributed by atoms with E-state index in [2.05, 4.69) is 15.6 Å². The van der Waals surface area contributed by atoms with Crippen LogP contribution >= 0.6 is 11.3 Å². The Kier molecular flexibility index (Phi) is 6.50. The first-order chi connectivity index (χ1) is 14.0. The maximum Gasteiger partial charge on any atom is 0.321 e. The molecule has 2 N–H and O–H groups in total. The average Bonchev–Trinajstić information content (AvgIpc) is 3.12. The van der Waals surface area contributed by atoms with Gasteiger partial charge in [0.2, 0.25) is 0 Å². The minimum atomic E-state index is -0.467. The average molecular weight is 414 g/mol. The molecule has 0 saturated carbocycles. The van der Waals surface area contributed by atoms with E-state index < -0.39 is 4.92 Å². The summed E-state index contributed by atoms with van der Waals surface area (Å²) >= 11 is 1.25. The first-order valence-corrected chi connectivity index (χ1v) is 9.86. The highest BCUT2D eigenvalue weighted by atomic mass is 32.1. The Labute approximate surface area is 170 Å². The van der Waals surface area contributed by atoms with Crippen LogP contribution in [0.15, 0.2) is 48.5 Å². The predicted molar refractivity (Wildman–Crippen MR) is 112 cm³/mol. The number of benzene rings is 2. The first-order valence-electron chi connectivity index (χ1n) is 9.04. The van der Waals surface area contributed by atoms with E-state index in [9.17, 15) is 19.3 Å². The van der Waals surface area contributed by atoms with Crippen molar-refractivity contribution < 1.29 is 14.1 Å². The van der Waals surface area contributed by atoms with Crippen LogP contribution in [0.2, 0.25) is 0 Å². The standard InChI is InChI=1S/C20H19FN4O3S/c1-2-3-12-22-19(26)24-20-23-17(13-4-8-15(21)9-5-13)18(29-20)14-6-10-16(11-7-14)25(27)28/h4-11H,2-3,12H2,1H3,(H2,22,23,24,26). The molecule has 3 rings (SSSR count). The van der Waals surface area contributed by atoms with Crippen LogP contribution in [-0.2, 0) is 0 Å². The van der Waals surface area contributed by atoms with Crippen molar-refractivity contribution in [1.29, 1.82) is 0 Å². The SMILES string of the molecule is CCCCNC(=O)Nc1nc(-c2ccc(F)cc2)c(-c2ccc([N+](=O)[O-])cc2)s1. The number of nitrogens with one attached hydrogen (secondary N) is 2. The van der Waals surface area contributed by atoms with Crippen molar-refractivity contribution in [3.8, 4) is 21.7 Å². The van der Waals surface area contributed by atoms with Crippen molar-refractivity contribution >= 4 is 28.2 Å². The van der Waals surface area contributed by atoms with Crippen molar-refractivity contribution in [2.24, 2.45) is 0 Å². The van der Waals surface area contributed by atoms with Crippen LogP contribution in [-0.4, -0.2) is 22.5 Å². The Hall–Kier alpha value is -3.33. The molecule has 9 heteroatoms. The molecule has 0 atom stereocenters. The number of nitro groups is 1. The van der Waals surface area contributed by atoms with E-state index in [1.165, 1.54) is 35.6 Å². The van der Waals surface area contributed by atoms with Crippen molar-refractivity contribution in [3.05, 3.63) is 64.5 Å². The Morgan fingerprint density at radius 1 is 1.14 bits per heavy atom. The van der Waals surface area contributed by atoms with Crippen molar-refractivity contribution in [2.75, 3.05) is 11.9 Å². The number of rotatable bonds is 7. The predicted octanol–water partition coefficient (Wildman–Crippen LogP) is 5.45. The van der Waals surface area contributed by atoms with Gasteiger partial charge in [0.05, 0.1) is 15.5 Å². The molecule has 0 aliphatic rings. The molecule has 2 aromatic carbocycles. The topological polar surface area (TPSA) is 97.2 Å². The van der Waals surface area contributed by atoms with Crippen molar-refractivity contribution in [3.63, 3.8) is 0 Å². The van der Waals surface area contributed by atoms with E-state index in [0.29, 0.717) is 28.5 Å². The van der Waals surface area contributed by atoms with Crippen LogP contribution in [0.5, 0.6) is 0 Å². The first kappa shape index (κ1) is 20.4. The van der Waals surface area contributed by atoms with Crippen LogP contribution in [0.3, 0.4) is 0 Å². The molecule has 0 aliphatic carbocycles. The normalized spacial score (nSPS) is 10.6. The number of nitro benzene ring substituents is 1. The van der Waals surface area contributed by atoms with Crippen molar-refractivity contribution in [1.82, 2.24) is 10.3 Å². The van der Waals surface area contributed by atoms with Gasteiger partial charge in [-0.15, -0.1) is 0 Å². The fourth-order valence-corrected chi connectivity index (χ4v) is 3.62. The molecule has 0 aliphatic heterocycles. The number of hydrogen-bond donors (Lipinski definition) is 2. The molecule has 29 heavy (non-hydrogen) atoms. The molecule has 2 amide bonds. The van der Waals surface area contributed by atoms with Gasteiger partial charge in [-0.05, 0) is 48.4 Å². The van der Waals surface area contributed by atoms with Gasteiger partial charge in [0.1, 0.15) is 5.82 Å². The number of carbonyl (C=O) groups is 1. The van der Waals surface area contributed by atoms with Gasteiger partial charge in [0.25, 0.3) is 5.69 Å².